The molecule has 30 heavy (non-hydrogen) atoms. The molecule has 2 aromatic carbocycles. The van der Waals surface area contributed by atoms with Crippen molar-refractivity contribution in [2.75, 3.05) is 26.0 Å². The molecule has 1 N–H and O–H groups in total. The average molecular weight is 400 g/mol. The van der Waals surface area contributed by atoms with E-state index in [9.17, 15) is 9.59 Å². The van der Waals surface area contributed by atoms with Crippen molar-refractivity contribution in [3.05, 3.63) is 77.5 Å². The third kappa shape index (κ3) is 4.55. The number of aromatic nitrogens is 1. The molecule has 4 rings (SSSR count). The zero-order valence-electron chi connectivity index (χ0n) is 17.1. The number of anilines is 1. The Labute approximate surface area is 175 Å². The Balaban J connectivity index is 1.44. The van der Waals surface area contributed by atoms with Crippen LogP contribution in [0.4, 0.5) is 5.82 Å². The first-order valence-electron chi connectivity index (χ1n) is 9.86. The maximum absolute atomic E-state index is 12.6. The summed E-state index contributed by atoms with van der Waals surface area (Å²) in [6.45, 7) is 1.49. The van der Waals surface area contributed by atoms with Crippen molar-refractivity contribution in [1.29, 1.82) is 0 Å². The number of amides is 2. The van der Waals surface area contributed by atoms with Crippen LogP contribution < -0.4 is 5.32 Å². The van der Waals surface area contributed by atoms with Crippen molar-refractivity contribution < 1.29 is 9.59 Å². The number of nitrogens with one attached hydrogen (secondary N) is 1. The van der Waals surface area contributed by atoms with E-state index in [0.29, 0.717) is 25.5 Å². The molecule has 1 aliphatic rings. The maximum Gasteiger partial charge on any atom is 0.246 e. The highest BCUT2D eigenvalue weighted by Crippen LogP contribution is 2.20. The summed E-state index contributed by atoms with van der Waals surface area (Å²) in [5.74, 6) is 0.433. The minimum Gasteiger partial charge on any atom is -0.338 e. The summed E-state index contributed by atoms with van der Waals surface area (Å²) in [4.78, 5) is 32.3. The number of carbonyl (C=O) groups is 2. The smallest absolute Gasteiger partial charge is 0.246 e. The molecule has 0 saturated heterocycles. The van der Waals surface area contributed by atoms with Crippen molar-refractivity contribution in [3.8, 4) is 0 Å². The molecule has 0 unspecified atom stereocenters. The first kappa shape index (κ1) is 19.8. The Hall–Kier alpha value is -3.51. The van der Waals surface area contributed by atoms with Crippen LogP contribution in [-0.2, 0) is 22.7 Å². The molecule has 1 aliphatic heterocycles. The lowest BCUT2D eigenvalue weighted by Crippen LogP contribution is -2.26. The molecule has 0 saturated carbocycles. The molecule has 0 radical (unpaired) electrons. The quantitative estimate of drug-likeness (QED) is 0.683. The molecular formula is C24H24N4O2. The van der Waals surface area contributed by atoms with Gasteiger partial charge >= 0.3 is 0 Å². The molecule has 0 spiro atoms. The molecule has 0 atom stereocenters. The molecular weight excluding hydrogens is 376 g/mol. The van der Waals surface area contributed by atoms with E-state index in [4.69, 9.17) is 0 Å². The van der Waals surface area contributed by atoms with Gasteiger partial charge in [0.25, 0.3) is 0 Å². The van der Waals surface area contributed by atoms with Crippen molar-refractivity contribution in [1.82, 2.24) is 14.8 Å². The Morgan fingerprint density at radius 3 is 2.80 bits per heavy atom. The zero-order chi connectivity index (χ0) is 21.1. The number of hydrogen-bond donors (Lipinski definition) is 1. The van der Waals surface area contributed by atoms with Crippen LogP contribution in [0.25, 0.3) is 16.8 Å². The van der Waals surface area contributed by atoms with Gasteiger partial charge in [-0.1, -0.05) is 36.4 Å². The Morgan fingerprint density at radius 2 is 1.97 bits per heavy atom. The normalized spacial score (nSPS) is 14.4. The summed E-state index contributed by atoms with van der Waals surface area (Å²) in [7, 11) is 3.68. The second-order valence-electron chi connectivity index (χ2n) is 7.71. The Bertz CT molecular complexity index is 1140. The van der Waals surface area contributed by atoms with Crippen molar-refractivity contribution in [2.45, 2.75) is 13.1 Å². The lowest BCUT2D eigenvalue weighted by molar-refractivity contribution is -0.125. The fraction of sp³-hybridized carbons (Fsp3) is 0.208. The predicted molar refractivity (Wildman–Crippen MR) is 119 cm³/mol. The van der Waals surface area contributed by atoms with Gasteiger partial charge in [0.2, 0.25) is 11.8 Å². The van der Waals surface area contributed by atoms with Crippen LogP contribution in [0, 0.1) is 0 Å². The van der Waals surface area contributed by atoms with Crippen molar-refractivity contribution >= 4 is 34.5 Å². The highest BCUT2D eigenvalue weighted by atomic mass is 16.2. The minimum atomic E-state index is -0.0801. The molecule has 6 nitrogen and oxygen atoms in total. The second kappa shape index (κ2) is 8.47. The number of nitrogens with zero attached hydrogens (tertiary/aromatic N) is 3. The van der Waals surface area contributed by atoms with Crippen LogP contribution in [0.2, 0.25) is 0 Å². The van der Waals surface area contributed by atoms with E-state index in [1.807, 2.05) is 30.1 Å². The molecule has 2 heterocycles. The molecule has 0 fully saturated rings. The standard InChI is InChI=1S/C24H24N4O2/c1-27-15-21-11-17(13-25-24(21)26-22(29)16-27)8-10-23(30)28(2)14-18-7-9-19-5-3-4-6-20(19)12-18/h3-13H,14-16H2,1-2H3,(H,25,26,29)/b10-8+. The fourth-order valence-corrected chi connectivity index (χ4v) is 3.60. The van der Waals surface area contributed by atoms with E-state index < -0.39 is 0 Å². The zero-order valence-corrected chi connectivity index (χ0v) is 17.1. The monoisotopic (exact) mass is 400 g/mol. The number of fused-ring (bicyclic) bond motifs is 2. The first-order valence-corrected chi connectivity index (χ1v) is 9.86. The molecule has 1 aromatic heterocycles. The van der Waals surface area contributed by atoms with Gasteiger partial charge < -0.3 is 10.2 Å². The Morgan fingerprint density at radius 1 is 1.17 bits per heavy atom. The number of carbonyl (C=O) groups excluding carboxylic acids is 2. The highest BCUT2D eigenvalue weighted by molar-refractivity contribution is 5.93. The Kier molecular flexibility index (Phi) is 5.59. The van der Waals surface area contributed by atoms with Gasteiger partial charge in [-0.15, -0.1) is 0 Å². The van der Waals surface area contributed by atoms with Crippen LogP contribution in [-0.4, -0.2) is 47.2 Å². The van der Waals surface area contributed by atoms with E-state index in [-0.39, 0.29) is 11.8 Å². The van der Waals surface area contributed by atoms with Gasteiger partial charge in [-0.25, -0.2) is 4.98 Å². The number of rotatable bonds is 4. The van der Waals surface area contributed by atoms with E-state index in [1.165, 1.54) is 10.8 Å². The lowest BCUT2D eigenvalue weighted by atomic mass is 10.1. The SMILES string of the molecule is CN1CC(=O)Nc2ncc(/C=C/C(=O)N(C)Cc3ccc4ccccc4c3)cc2C1. The number of likely N-dealkylation sites (N-methyl/N-ethyl adjacent to an activating group) is 2. The summed E-state index contributed by atoms with van der Waals surface area (Å²) in [5.41, 5.74) is 2.84. The predicted octanol–water partition coefficient (Wildman–Crippen LogP) is 3.29. The van der Waals surface area contributed by atoms with Crippen molar-refractivity contribution in [2.24, 2.45) is 0 Å². The molecule has 0 aliphatic carbocycles. The summed E-state index contributed by atoms with van der Waals surface area (Å²) in [5, 5.41) is 5.17. The van der Waals surface area contributed by atoms with E-state index >= 15 is 0 Å². The van der Waals surface area contributed by atoms with Crippen LogP contribution in [0.5, 0.6) is 0 Å². The van der Waals surface area contributed by atoms with Crippen LogP contribution in [0.3, 0.4) is 0 Å². The third-order valence-corrected chi connectivity index (χ3v) is 5.13. The first-order chi connectivity index (χ1) is 14.5. The molecule has 2 amide bonds. The number of benzene rings is 2. The summed E-state index contributed by atoms with van der Waals surface area (Å²) in [6.07, 6.45) is 4.99. The summed E-state index contributed by atoms with van der Waals surface area (Å²) in [6, 6.07) is 16.4. The van der Waals surface area contributed by atoms with Gasteiger partial charge in [-0.3, -0.25) is 14.5 Å². The molecule has 152 valence electrons. The van der Waals surface area contributed by atoms with Gasteiger partial charge in [0.05, 0.1) is 6.54 Å². The third-order valence-electron chi connectivity index (χ3n) is 5.13. The van der Waals surface area contributed by atoms with E-state index in [0.717, 1.165) is 16.7 Å². The summed E-state index contributed by atoms with van der Waals surface area (Å²) < 4.78 is 0. The van der Waals surface area contributed by atoms with Crippen molar-refractivity contribution in [3.63, 3.8) is 0 Å². The highest BCUT2D eigenvalue weighted by Gasteiger charge is 2.17. The van der Waals surface area contributed by atoms with Crippen LogP contribution >= 0.6 is 0 Å². The van der Waals surface area contributed by atoms with Gasteiger partial charge in [0.15, 0.2) is 0 Å². The molecule has 3 aromatic rings. The second-order valence-corrected chi connectivity index (χ2v) is 7.71. The van der Waals surface area contributed by atoms with Crippen LogP contribution in [0.1, 0.15) is 16.7 Å². The van der Waals surface area contributed by atoms with Gasteiger partial charge in [-0.2, -0.15) is 0 Å². The molecule has 0 bridgehead atoms. The topological polar surface area (TPSA) is 65.5 Å². The number of hydrogen-bond acceptors (Lipinski definition) is 4. The summed E-state index contributed by atoms with van der Waals surface area (Å²) >= 11 is 0. The minimum absolute atomic E-state index is 0.0717. The number of pyridine rings is 1. The molecule has 6 heteroatoms. The van der Waals surface area contributed by atoms with E-state index in [1.54, 1.807) is 30.3 Å². The van der Waals surface area contributed by atoms with Gasteiger partial charge in [0.1, 0.15) is 5.82 Å². The maximum atomic E-state index is 12.6. The van der Waals surface area contributed by atoms with Gasteiger partial charge in [0, 0.05) is 38.0 Å². The largest absolute Gasteiger partial charge is 0.338 e. The van der Waals surface area contributed by atoms with Crippen LogP contribution in [0.15, 0.2) is 60.8 Å². The lowest BCUT2D eigenvalue weighted by Gasteiger charge is -2.15. The average Bonchev–Trinajstić information content (AvgIpc) is 2.87. The van der Waals surface area contributed by atoms with Gasteiger partial charge in [-0.05, 0) is 47.2 Å². The van der Waals surface area contributed by atoms with E-state index in [2.05, 4.69) is 40.6 Å². The fourth-order valence-electron chi connectivity index (χ4n) is 3.60.